The maximum Gasteiger partial charge on any atom is 0.227 e. The van der Waals surface area contributed by atoms with Crippen LogP contribution in [0.1, 0.15) is 5.56 Å². The first-order valence-corrected chi connectivity index (χ1v) is 7.85. The van der Waals surface area contributed by atoms with Gasteiger partial charge < -0.3 is 21.4 Å². The van der Waals surface area contributed by atoms with E-state index in [4.69, 9.17) is 16.0 Å². The highest BCUT2D eigenvalue weighted by Crippen LogP contribution is 2.25. The Kier molecular flexibility index (Phi) is 5.16. The van der Waals surface area contributed by atoms with Crippen LogP contribution in [-0.4, -0.2) is 4.98 Å². The fourth-order valence-corrected chi connectivity index (χ4v) is 2.74. The summed E-state index contributed by atoms with van der Waals surface area (Å²) in [6.07, 6.45) is 3.84. The van der Waals surface area contributed by atoms with Gasteiger partial charge in [-0.3, -0.25) is 0 Å². The highest BCUT2D eigenvalue weighted by Gasteiger charge is 2.11. The van der Waals surface area contributed by atoms with Crippen LogP contribution in [0.15, 0.2) is 71.4 Å². The van der Waals surface area contributed by atoms with E-state index in [-0.39, 0.29) is 22.8 Å². The highest BCUT2D eigenvalue weighted by atomic mass is 79.9. The van der Waals surface area contributed by atoms with E-state index in [9.17, 15) is 4.39 Å². The number of hydrogen-bond acceptors (Lipinski definition) is 2. The van der Waals surface area contributed by atoms with Gasteiger partial charge in [0.05, 0.1) is 0 Å². The molecule has 0 spiro atoms. The number of hydrogen-bond donors (Lipinski definition) is 0. The fourth-order valence-electron chi connectivity index (χ4n) is 2.58. The van der Waals surface area contributed by atoms with Crippen LogP contribution in [0.5, 0.6) is 0 Å². The van der Waals surface area contributed by atoms with E-state index in [2.05, 4.69) is 4.98 Å². The van der Waals surface area contributed by atoms with Gasteiger partial charge in [-0.15, -0.1) is 0 Å². The summed E-state index contributed by atoms with van der Waals surface area (Å²) in [6.45, 7) is 0.598. The summed E-state index contributed by atoms with van der Waals surface area (Å²) in [5.74, 6) is 0.319. The number of pyridine rings is 1. The SMILES string of the molecule is Fc1cccc(C[n+]2ccc(-c3nc4cc(Cl)ccc4o3)cc2)c1.[Br-]. The number of halogens is 3. The molecule has 0 aliphatic carbocycles. The largest absolute Gasteiger partial charge is 1.00 e. The van der Waals surface area contributed by atoms with Crippen molar-refractivity contribution in [3.05, 3.63) is 83.4 Å². The van der Waals surface area contributed by atoms with Crippen LogP contribution in [0.25, 0.3) is 22.6 Å². The minimum absolute atomic E-state index is 0. The molecule has 0 aliphatic rings. The predicted molar refractivity (Wildman–Crippen MR) is 90.2 cm³/mol. The fraction of sp³-hybridized carbons (Fsp3) is 0.0526. The Hall–Kier alpha value is -2.24. The molecule has 0 saturated carbocycles. The lowest BCUT2D eigenvalue weighted by atomic mass is 10.2. The van der Waals surface area contributed by atoms with Gasteiger partial charge in [-0.2, -0.15) is 0 Å². The van der Waals surface area contributed by atoms with E-state index in [1.165, 1.54) is 12.1 Å². The van der Waals surface area contributed by atoms with Gasteiger partial charge >= 0.3 is 0 Å². The maximum absolute atomic E-state index is 13.2. The second-order valence-corrected chi connectivity index (χ2v) is 5.96. The molecule has 4 aromatic rings. The van der Waals surface area contributed by atoms with Crippen LogP contribution < -0.4 is 21.5 Å². The van der Waals surface area contributed by atoms with Crippen LogP contribution in [0, 0.1) is 5.82 Å². The van der Waals surface area contributed by atoms with Crippen LogP contribution in [0.4, 0.5) is 4.39 Å². The van der Waals surface area contributed by atoms with Crippen molar-refractivity contribution < 1.29 is 30.4 Å². The van der Waals surface area contributed by atoms with Crippen molar-refractivity contribution in [2.24, 2.45) is 0 Å². The van der Waals surface area contributed by atoms with E-state index in [0.717, 1.165) is 16.6 Å². The number of nitrogens with zero attached hydrogens (tertiary/aromatic N) is 2. The first kappa shape index (κ1) is 17.6. The molecule has 2 aromatic heterocycles. The lowest BCUT2D eigenvalue weighted by molar-refractivity contribution is -0.688. The third-order valence-electron chi connectivity index (χ3n) is 3.74. The van der Waals surface area contributed by atoms with Crippen LogP contribution in [0.2, 0.25) is 5.02 Å². The minimum Gasteiger partial charge on any atom is -1.00 e. The molecule has 2 heterocycles. The first-order chi connectivity index (χ1) is 11.7. The molecule has 0 N–H and O–H groups in total. The number of aromatic nitrogens is 2. The Morgan fingerprint density at radius 3 is 2.60 bits per heavy atom. The van der Waals surface area contributed by atoms with E-state index in [1.807, 2.05) is 35.2 Å². The second-order valence-electron chi connectivity index (χ2n) is 5.52. The zero-order valence-electron chi connectivity index (χ0n) is 13.0. The molecule has 2 aromatic carbocycles. The molecule has 3 nitrogen and oxygen atoms in total. The monoisotopic (exact) mass is 418 g/mol. The third kappa shape index (κ3) is 3.89. The number of oxazole rings is 1. The van der Waals surface area contributed by atoms with Crippen LogP contribution in [-0.2, 0) is 6.54 Å². The molecule has 0 bridgehead atoms. The highest BCUT2D eigenvalue weighted by molar-refractivity contribution is 6.31. The smallest absolute Gasteiger partial charge is 0.227 e. The normalized spacial score (nSPS) is 10.6. The van der Waals surface area contributed by atoms with Crippen molar-refractivity contribution in [2.75, 3.05) is 0 Å². The van der Waals surface area contributed by atoms with Gasteiger partial charge in [0, 0.05) is 28.3 Å². The Bertz CT molecular complexity index is 1020. The summed E-state index contributed by atoms with van der Waals surface area (Å²) in [5, 5.41) is 0.628. The van der Waals surface area contributed by atoms with Crippen molar-refractivity contribution >= 4 is 22.7 Å². The number of benzene rings is 2. The average molecular weight is 420 g/mol. The molecule has 0 saturated heterocycles. The van der Waals surface area contributed by atoms with Gasteiger partial charge in [0.15, 0.2) is 24.5 Å². The Labute approximate surface area is 159 Å². The average Bonchev–Trinajstić information content (AvgIpc) is 2.98. The number of rotatable bonds is 3. The quantitative estimate of drug-likeness (QED) is 0.473. The van der Waals surface area contributed by atoms with Crippen molar-refractivity contribution in [2.45, 2.75) is 6.54 Å². The van der Waals surface area contributed by atoms with Gasteiger partial charge in [-0.1, -0.05) is 23.7 Å². The van der Waals surface area contributed by atoms with E-state index in [0.29, 0.717) is 23.0 Å². The van der Waals surface area contributed by atoms with Crippen molar-refractivity contribution in [1.82, 2.24) is 4.98 Å². The molecular weight excluding hydrogens is 407 g/mol. The molecule has 0 amide bonds. The summed E-state index contributed by atoms with van der Waals surface area (Å²) < 4.78 is 21.0. The predicted octanol–water partition coefficient (Wildman–Crippen LogP) is 1.63. The van der Waals surface area contributed by atoms with Crippen molar-refractivity contribution in [1.29, 1.82) is 0 Å². The summed E-state index contributed by atoms with van der Waals surface area (Å²) in [7, 11) is 0. The van der Waals surface area contributed by atoms with Crippen molar-refractivity contribution in [3.63, 3.8) is 0 Å². The summed E-state index contributed by atoms with van der Waals surface area (Å²) in [5.41, 5.74) is 3.21. The summed E-state index contributed by atoms with van der Waals surface area (Å²) in [6, 6.07) is 15.8. The number of fused-ring (bicyclic) bond motifs is 1. The molecule has 0 atom stereocenters. The minimum atomic E-state index is -0.227. The second kappa shape index (κ2) is 7.33. The molecule has 4 rings (SSSR count). The molecule has 0 fully saturated rings. The van der Waals surface area contributed by atoms with Gasteiger partial charge in [-0.05, 0) is 30.3 Å². The summed E-state index contributed by atoms with van der Waals surface area (Å²) in [4.78, 5) is 4.46. The maximum atomic E-state index is 13.2. The van der Waals surface area contributed by atoms with Crippen LogP contribution >= 0.6 is 11.6 Å². The first-order valence-electron chi connectivity index (χ1n) is 7.47. The van der Waals surface area contributed by atoms with Gasteiger partial charge in [0.25, 0.3) is 0 Å². The summed E-state index contributed by atoms with van der Waals surface area (Å²) >= 11 is 5.97. The Morgan fingerprint density at radius 1 is 1.04 bits per heavy atom. The van der Waals surface area contributed by atoms with Gasteiger partial charge in [0.1, 0.15) is 11.3 Å². The zero-order chi connectivity index (χ0) is 16.5. The topological polar surface area (TPSA) is 29.9 Å². The third-order valence-corrected chi connectivity index (χ3v) is 3.98. The lowest BCUT2D eigenvalue weighted by Gasteiger charge is -1.99. The molecular formula is C19H13BrClFN2O. The van der Waals surface area contributed by atoms with E-state index >= 15 is 0 Å². The standard InChI is InChI=1S/C19H13ClFN2O.BrH/c20-15-4-5-18-17(11-15)22-19(24-18)14-6-8-23(9-7-14)12-13-2-1-3-16(21)10-13;/h1-11H,12H2;1H/q+1;/p-1. The van der Waals surface area contributed by atoms with Gasteiger partial charge in [-0.25, -0.2) is 13.9 Å². The molecule has 6 heteroatoms. The molecule has 0 aliphatic heterocycles. The molecule has 25 heavy (non-hydrogen) atoms. The Balaban J connectivity index is 0.00000182. The van der Waals surface area contributed by atoms with Gasteiger partial charge in [0.2, 0.25) is 5.89 Å². The van der Waals surface area contributed by atoms with E-state index in [1.54, 1.807) is 24.3 Å². The Morgan fingerprint density at radius 2 is 1.84 bits per heavy atom. The van der Waals surface area contributed by atoms with Crippen molar-refractivity contribution in [3.8, 4) is 11.5 Å². The molecule has 0 radical (unpaired) electrons. The molecule has 126 valence electrons. The zero-order valence-corrected chi connectivity index (χ0v) is 15.3. The molecule has 0 unspecified atom stereocenters. The van der Waals surface area contributed by atoms with Crippen LogP contribution in [0.3, 0.4) is 0 Å². The lowest BCUT2D eigenvalue weighted by Crippen LogP contribution is -3.00. The van der Waals surface area contributed by atoms with E-state index < -0.39 is 0 Å².